The number of nitrogen functional groups attached to an aromatic ring is 1. The first-order valence-corrected chi connectivity index (χ1v) is 3.88. The van der Waals surface area contributed by atoms with Crippen LogP contribution in [0.15, 0.2) is 22.1 Å². The summed E-state index contributed by atoms with van der Waals surface area (Å²) in [7, 11) is 0. The van der Waals surface area contributed by atoms with Crippen molar-refractivity contribution in [2.45, 2.75) is 0 Å². The van der Waals surface area contributed by atoms with Gasteiger partial charge >= 0.3 is 12.2 Å². The van der Waals surface area contributed by atoms with Gasteiger partial charge in [0.05, 0.1) is 16.4 Å². The van der Waals surface area contributed by atoms with E-state index in [1.807, 2.05) is 0 Å². The molecule has 0 saturated carbocycles. The summed E-state index contributed by atoms with van der Waals surface area (Å²) in [6.45, 7) is 0. The summed E-state index contributed by atoms with van der Waals surface area (Å²) in [6.07, 6.45) is -1.48. The monoisotopic (exact) mass is 207 g/mol. The van der Waals surface area contributed by atoms with Crippen molar-refractivity contribution in [2.24, 2.45) is 9.98 Å². The number of rotatable bonds is 1. The van der Waals surface area contributed by atoms with E-state index >= 15 is 0 Å². The Morgan fingerprint density at radius 3 is 2.53 bits per heavy atom. The lowest BCUT2D eigenvalue weighted by Gasteiger charge is -2.01. The van der Waals surface area contributed by atoms with Gasteiger partial charge in [-0.1, -0.05) is 0 Å². The van der Waals surface area contributed by atoms with Crippen LogP contribution in [0, 0.1) is 0 Å². The van der Waals surface area contributed by atoms with E-state index in [4.69, 9.17) is 10.8 Å². The standard InChI is InChI=1S/C8H5N3O4/c9-3-1-4-5(11-7(12)10-4)2-6(3)15-8(13)14/h1-2H,9H2,(H,13,14). The molecule has 0 spiro atoms. The van der Waals surface area contributed by atoms with Gasteiger partial charge in [-0.15, -0.1) is 0 Å². The molecule has 7 heteroatoms. The predicted molar refractivity (Wildman–Crippen MR) is 47.2 cm³/mol. The molecule has 76 valence electrons. The summed E-state index contributed by atoms with van der Waals surface area (Å²) in [5.74, 6) is -0.0603. The van der Waals surface area contributed by atoms with Crippen LogP contribution in [0.25, 0.3) is 0 Å². The van der Waals surface area contributed by atoms with Crippen molar-refractivity contribution in [3.63, 3.8) is 0 Å². The minimum Gasteiger partial charge on any atom is -0.449 e. The van der Waals surface area contributed by atoms with E-state index in [0.717, 1.165) is 0 Å². The molecule has 3 N–H and O–H groups in total. The Balaban J connectivity index is 2.59. The first-order chi connectivity index (χ1) is 7.06. The molecule has 1 aliphatic heterocycles. The molecule has 1 aromatic carbocycles. The van der Waals surface area contributed by atoms with Crippen molar-refractivity contribution in [3.8, 4) is 5.75 Å². The van der Waals surface area contributed by atoms with Gasteiger partial charge in [0.25, 0.3) is 0 Å². The molecule has 15 heavy (non-hydrogen) atoms. The van der Waals surface area contributed by atoms with Gasteiger partial charge in [0.15, 0.2) is 5.75 Å². The van der Waals surface area contributed by atoms with E-state index in [1.54, 1.807) is 0 Å². The highest BCUT2D eigenvalue weighted by atomic mass is 16.7. The summed E-state index contributed by atoms with van der Waals surface area (Å²) >= 11 is 0. The Bertz CT molecular complexity index is 578. The normalized spacial score (nSPS) is 12.7. The number of carbonyl (C=O) groups excluding carboxylic acids is 1. The average molecular weight is 207 g/mol. The number of carbonyl (C=O) groups is 2. The second-order valence-corrected chi connectivity index (χ2v) is 2.75. The van der Waals surface area contributed by atoms with E-state index in [-0.39, 0.29) is 16.8 Å². The van der Waals surface area contributed by atoms with Crippen LogP contribution >= 0.6 is 0 Å². The molecule has 0 fully saturated rings. The number of hydrogen-bond acceptors (Lipinski definition) is 4. The maximum atomic E-state index is 10.8. The van der Waals surface area contributed by atoms with Crippen LogP contribution in [0.5, 0.6) is 5.75 Å². The number of nitrogens with zero attached hydrogens (tertiary/aromatic N) is 2. The smallest absolute Gasteiger partial charge is 0.449 e. The summed E-state index contributed by atoms with van der Waals surface area (Å²) in [5.41, 5.74) is 5.57. The van der Waals surface area contributed by atoms with Crippen LogP contribution in [-0.4, -0.2) is 17.3 Å². The van der Waals surface area contributed by atoms with Gasteiger partial charge in [-0.2, -0.15) is 9.98 Å². The minimum atomic E-state index is -1.48. The van der Waals surface area contributed by atoms with E-state index in [1.165, 1.54) is 12.1 Å². The van der Waals surface area contributed by atoms with Gasteiger partial charge in [-0.25, -0.2) is 9.59 Å². The summed E-state index contributed by atoms with van der Waals surface area (Å²) < 4.78 is 4.38. The molecule has 1 aliphatic rings. The van der Waals surface area contributed by atoms with Crippen LogP contribution in [0.3, 0.4) is 0 Å². The third kappa shape index (κ3) is 1.62. The summed E-state index contributed by atoms with van der Waals surface area (Å²) in [5, 5.41) is 8.96. The van der Waals surface area contributed by atoms with Gasteiger partial charge in [0.1, 0.15) is 0 Å². The number of ether oxygens (including phenoxy) is 1. The number of anilines is 1. The van der Waals surface area contributed by atoms with Crippen molar-refractivity contribution in [1.82, 2.24) is 0 Å². The molecular weight excluding hydrogens is 202 g/mol. The largest absolute Gasteiger partial charge is 0.511 e. The minimum absolute atomic E-state index is 0.0603. The van der Waals surface area contributed by atoms with Crippen LogP contribution in [0.4, 0.5) is 15.3 Å². The third-order valence-corrected chi connectivity index (χ3v) is 1.74. The Morgan fingerprint density at radius 1 is 1.33 bits per heavy atom. The van der Waals surface area contributed by atoms with Crippen LogP contribution < -0.4 is 21.2 Å². The van der Waals surface area contributed by atoms with E-state index < -0.39 is 12.2 Å². The van der Waals surface area contributed by atoms with E-state index in [0.29, 0.717) is 5.36 Å². The van der Waals surface area contributed by atoms with Crippen molar-refractivity contribution in [1.29, 1.82) is 0 Å². The lowest BCUT2D eigenvalue weighted by atomic mass is 10.3. The zero-order chi connectivity index (χ0) is 11.0. The summed E-state index contributed by atoms with van der Waals surface area (Å²) in [4.78, 5) is 28.2. The third-order valence-electron chi connectivity index (χ3n) is 1.74. The maximum absolute atomic E-state index is 10.8. The molecular formula is C8H5N3O4. The topological polar surface area (TPSA) is 114 Å². The lowest BCUT2D eigenvalue weighted by molar-refractivity contribution is 0.144. The number of urea groups is 1. The molecule has 0 atom stereocenters. The fourth-order valence-electron chi connectivity index (χ4n) is 1.17. The first kappa shape index (κ1) is 9.13. The van der Waals surface area contributed by atoms with Crippen molar-refractivity contribution < 1.29 is 19.4 Å². The zero-order valence-electron chi connectivity index (χ0n) is 7.30. The molecule has 0 saturated heterocycles. The zero-order valence-corrected chi connectivity index (χ0v) is 7.30. The van der Waals surface area contributed by atoms with Crippen molar-refractivity contribution >= 4 is 17.9 Å². The van der Waals surface area contributed by atoms with Gasteiger partial charge in [-0.05, 0) is 6.07 Å². The number of benzene rings is 1. The molecule has 2 rings (SSSR count). The Hall–Kier alpha value is -2.44. The molecule has 2 amide bonds. The fourth-order valence-corrected chi connectivity index (χ4v) is 1.17. The fraction of sp³-hybridized carbons (Fsp3) is 0. The number of nitrogens with two attached hydrogens (primary N) is 1. The Kier molecular flexibility index (Phi) is 1.86. The number of carboxylic acid groups (broad SMARTS) is 1. The summed E-state index contributed by atoms with van der Waals surface area (Å²) in [6, 6.07) is 1.95. The number of fused-ring (bicyclic) bond motifs is 1. The molecule has 0 aliphatic carbocycles. The van der Waals surface area contributed by atoms with Crippen LogP contribution in [0.2, 0.25) is 0 Å². The van der Waals surface area contributed by atoms with Gasteiger partial charge < -0.3 is 15.6 Å². The highest BCUT2D eigenvalue weighted by Gasteiger charge is 2.11. The number of hydrogen-bond donors (Lipinski definition) is 2. The van der Waals surface area contributed by atoms with E-state index in [2.05, 4.69) is 14.7 Å². The van der Waals surface area contributed by atoms with Crippen molar-refractivity contribution in [3.05, 3.63) is 22.8 Å². The quantitative estimate of drug-likeness (QED) is 0.372. The van der Waals surface area contributed by atoms with Crippen LogP contribution in [-0.2, 0) is 0 Å². The highest BCUT2D eigenvalue weighted by molar-refractivity contribution is 5.78. The van der Waals surface area contributed by atoms with E-state index in [9.17, 15) is 9.59 Å². The maximum Gasteiger partial charge on any atom is 0.511 e. The van der Waals surface area contributed by atoms with Crippen LogP contribution in [0.1, 0.15) is 0 Å². The van der Waals surface area contributed by atoms with Gasteiger partial charge in [-0.3, -0.25) is 0 Å². The molecule has 0 aromatic heterocycles. The highest BCUT2D eigenvalue weighted by Crippen LogP contribution is 2.16. The molecule has 1 aromatic rings. The molecule has 7 nitrogen and oxygen atoms in total. The SMILES string of the molecule is Nc1cc2c(cc1OC(=O)O)=NC(=O)N=2. The average Bonchev–Trinajstić information content (AvgIpc) is 2.44. The Labute approximate surface area is 82.5 Å². The second kappa shape index (κ2) is 3.05. The second-order valence-electron chi connectivity index (χ2n) is 2.75. The van der Waals surface area contributed by atoms with Gasteiger partial charge in [0, 0.05) is 6.07 Å². The molecule has 0 radical (unpaired) electrons. The van der Waals surface area contributed by atoms with Gasteiger partial charge in [0.2, 0.25) is 0 Å². The Morgan fingerprint density at radius 2 is 1.93 bits per heavy atom. The first-order valence-electron chi connectivity index (χ1n) is 3.88. The number of amides is 2. The molecule has 0 unspecified atom stereocenters. The van der Waals surface area contributed by atoms with Crippen molar-refractivity contribution in [2.75, 3.05) is 5.73 Å². The molecule has 0 bridgehead atoms. The predicted octanol–water partition coefficient (Wildman–Crippen LogP) is -0.302. The molecule has 1 heterocycles. The lowest BCUT2D eigenvalue weighted by Crippen LogP contribution is -2.23.